The minimum atomic E-state index is -0.341. The van der Waals surface area contributed by atoms with Crippen LogP contribution in [0.25, 0.3) is 11.0 Å². The van der Waals surface area contributed by atoms with Crippen molar-refractivity contribution in [2.24, 2.45) is 7.05 Å². The Kier molecular flexibility index (Phi) is 3.26. The van der Waals surface area contributed by atoms with E-state index in [-0.39, 0.29) is 11.1 Å². The molecule has 2 aromatic rings. The summed E-state index contributed by atoms with van der Waals surface area (Å²) in [6.45, 7) is 6.10. The van der Waals surface area contributed by atoms with Gasteiger partial charge in [0, 0.05) is 19.5 Å². The minimum absolute atomic E-state index is 0.190. The van der Waals surface area contributed by atoms with Gasteiger partial charge in [0.05, 0.1) is 16.1 Å². The molecule has 0 atom stereocenters. The molecule has 19 heavy (non-hydrogen) atoms. The maximum Gasteiger partial charge on any atom is 0.350 e. The number of anilines is 1. The molecule has 0 bridgehead atoms. The van der Waals surface area contributed by atoms with Gasteiger partial charge in [0.15, 0.2) is 0 Å². The lowest BCUT2D eigenvalue weighted by atomic mass is 9.91. The second-order valence-corrected chi connectivity index (χ2v) is 5.90. The number of aromatic nitrogens is 3. The van der Waals surface area contributed by atoms with E-state index in [4.69, 9.17) is 11.6 Å². The number of halogens is 1. The van der Waals surface area contributed by atoms with Crippen LogP contribution in [0.1, 0.15) is 26.5 Å². The Labute approximate surface area is 116 Å². The van der Waals surface area contributed by atoms with E-state index in [1.807, 2.05) is 26.8 Å². The quantitative estimate of drug-likeness (QED) is 0.871. The molecule has 0 aliphatic rings. The van der Waals surface area contributed by atoms with Crippen molar-refractivity contribution in [1.29, 1.82) is 0 Å². The number of hydrogen-bond donors (Lipinski definition) is 1. The van der Waals surface area contributed by atoms with Gasteiger partial charge in [-0.2, -0.15) is 4.98 Å². The van der Waals surface area contributed by atoms with E-state index in [9.17, 15) is 4.79 Å². The van der Waals surface area contributed by atoms with E-state index in [0.29, 0.717) is 16.5 Å². The normalized spacial score (nSPS) is 11.9. The van der Waals surface area contributed by atoms with Gasteiger partial charge in [0.1, 0.15) is 11.5 Å². The second-order valence-electron chi connectivity index (χ2n) is 5.49. The van der Waals surface area contributed by atoms with Gasteiger partial charge in [0.2, 0.25) is 0 Å². The molecular weight excluding hydrogens is 264 g/mol. The van der Waals surface area contributed by atoms with Gasteiger partial charge in [-0.15, -0.1) is 0 Å². The molecule has 6 heteroatoms. The fraction of sp³-hybridized carbons (Fsp3) is 0.462. The van der Waals surface area contributed by atoms with Crippen LogP contribution in [-0.4, -0.2) is 21.6 Å². The molecule has 0 spiro atoms. The van der Waals surface area contributed by atoms with Crippen molar-refractivity contribution in [1.82, 2.24) is 14.5 Å². The average Bonchev–Trinajstić information content (AvgIpc) is 2.31. The lowest BCUT2D eigenvalue weighted by Gasteiger charge is -2.20. The first-order valence-electron chi connectivity index (χ1n) is 6.01. The van der Waals surface area contributed by atoms with Crippen LogP contribution in [0.4, 0.5) is 5.82 Å². The summed E-state index contributed by atoms with van der Waals surface area (Å²) in [6, 6.07) is 1.81. The summed E-state index contributed by atoms with van der Waals surface area (Å²) in [5.74, 6) is 0.493. The average molecular weight is 281 g/mol. The van der Waals surface area contributed by atoms with Crippen molar-refractivity contribution in [2.45, 2.75) is 26.2 Å². The van der Waals surface area contributed by atoms with Gasteiger partial charge < -0.3 is 5.32 Å². The summed E-state index contributed by atoms with van der Waals surface area (Å²) < 4.78 is 1.43. The predicted molar refractivity (Wildman–Crippen MR) is 78.0 cm³/mol. The summed E-state index contributed by atoms with van der Waals surface area (Å²) in [7, 11) is 3.37. The molecule has 2 rings (SSSR count). The van der Waals surface area contributed by atoms with Crippen LogP contribution in [-0.2, 0) is 12.5 Å². The third-order valence-electron chi connectivity index (χ3n) is 2.97. The highest BCUT2D eigenvalue weighted by Gasteiger charge is 2.21. The molecule has 1 N–H and O–H groups in total. The number of fused-ring (bicyclic) bond motifs is 1. The standard InChI is InChI=1S/C13H17ClN4O/c1-13(2,3)9-8(14)6-7-10(15-4)17-12(19)18(5)11(7)16-9/h6H,1-5H3,(H,15,17,19). The van der Waals surface area contributed by atoms with E-state index < -0.39 is 0 Å². The smallest absolute Gasteiger partial charge is 0.350 e. The molecule has 0 fully saturated rings. The Bertz CT molecular complexity index is 700. The van der Waals surface area contributed by atoms with E-state index >= 15 is 0 Å². The molecule has 0 aromatic carbocycles. The number of hydrogen-bond acceptors (Lipinski definition) is 4. The zero-order valence-corrected chi connectivity index (χ0v) is 12.5. The van der Waals surface area contributed by atoms with Crippen molar-refractivity contribution < 1.29 is 0 Å². The monoisotopic (exact) mass is 280 g/mol. The molecule has 0 saturated carbocycles. The Balaban J connectivity index is 2.94. The first kappa shape index (κ1) is 13.8. The van der Waals surface area contributed by atoms with Crippen LogP contribution in [0.15, 0.2) is 10.9 Å². The molecular formula is C13H17ClN4O. The zero-order valence-electron chi connectivity index (χ0n) is 11.7. The summed E-state index contributed by atoms with van der Waals surface area (Å²) in [5.41, 5.74) is 0.819. The van der Waals surface area contributed by atoms with Crippen LogP contribution in [0.5, 0.6) is 0 Å². The third kappa shape index (κ3) is 2.30. The SMILES string of the molecule is CNc1nc(=O)n(C)c2nc(C(C)(C)C)c(Cl)cc12. The Morgan fingerprint density at radius 1 is 1.32 bits per heavy atom. The lowest BCUT2D eigenvalue weighted by Crippen LogP contribution is -2.24. The zero-order chi connectivity index (χ0) is 14.4. The molecule has 0 radical (unpaired) electrons. The molecule has 0 saturated heterocycles. The molecule has 2 aromatic heterocycles. The van der Waals surface area contributed by atoms with Crippen LogP contribution < -0.4 is 11.0 Å². The molecule has 2 heterocycles. The second kappa shape index (κ2) is 4.49. The molecule has 0 aliphatic carbocycles. The van der Waals surface area contributed by atoms with Crippen molar-refractivity contribution in [3.63, 3.8) is 0 Å². The number of rotatable bonds is 1. The highest BCUT2D eigenvalue weighted by Crippen LogP contribution is 2.31. The largest absolute Gasteiger partial charge is 0.372 e. The van der Waals surface area contributed by atoms with Gasteiger partial charge in [-0.25, -0.2) is 9.78 Å². The molecule has 0 amide bonds. The molecule has 102 valence electrons. The van der Waals surface area contributed by atoms with Gasteiger partial charge in [-0.05, 0) is 6.07 Å². The van der Waals surface area contributed by atoms with Gasteiger partial charge in [0.25, 0.3) is 0 Å². The topological polar surface area (TPSA) is 59.8 Å². The Morgan fingerprint density at radius 2 is 1.95 bits per heavy atom. The summed E-state index contributed by atoms with van der Waals surface area (Å²) in [5, 5.41) is 4.22. The number of aryl methyl sites for hydroxylation is 1. The van der Waals surface area contributed by atoms with Gasteiger partial charge >= 0.3 is 5.69 Å². The first-order chi connectivity index (χ1) is 8.75. The van der Waals surface area contributed by atoms with Crippen molar-refractivity contribution >= 4 is 28.5 Å². The lowest BCUT2D eigenvalue weighted by molar-refractivity contribution is 0.570. The van der Waals surface area contributed by atoms with Crippen molar-refractivity contribution in [2.75, 3.05) is 12.4 Å². The fourth-order valence-electron chi connectivity index (χ4n) is 1.95. The molecule has 0 aliphatic heterocycles. The Morgan fingerprint density at radius 3 is 2.47 bits per heavy atom. The maximum atomic E-state index is 11.8. The molecule has 5 nitrogen and oxygen atoms in total. The summed E-state index contributed by atoms with van der Waals surface area (Å²) in [4.78, 5) is 20.3. The number of pyridine rings is 1. The minimum Gasteiger partial charge on any atom is -0.372 e. The van der Waals surface area contributed by atoms with E-state index in [0.717, 1.165) is 11.1 Å². The van der Waals surface area contributed by atoms with E-state index in [2.05, 4.69) is 15.3 Å². The highest BCUT2D eigenvalue weighted by atomic mass is 35.5. The maximum absolute atomic E-state index is 11.8. The van der Waals surface area contributed by atoms with Crippen molar-refractivity contribution in [3.8, 4) is 0 Å². The predicted octanol–water partition coefficient (Wildman–Crippen LogP) is 2.32. The Hall–Kier alpha value is -1.62. The fourth-order valence-corrected chi connectivity index (χ4v) is 2.38. The van der Waals surface area contributed by atoms with Crippen LogP contribution in [0.3, 0.4) is 0 Å². The third-order valence-corrected chi connectivity index (χ3v) is 3.26. The van der Waals surface area contributed by atoms with E-state index in [1.54, 1.807) is 14.1 Å². The highest BCUT2D eigenvalue weighted by molar-refractivity contribution is 6.32. The first-order valence-corrected chi connectivity index (χ1v) is 6.39. The van der Waals surface area contributed by atoms with Crippen LogP contribution >= 0.6 is 11.6 Å². The van der Waals surface area contributed by atoms with Gasteiger partial charge in [-0.3, -0.25) is 4.57 Å². The molecule has 0 unspecified atom stereocenters. The van der Waals surface area contributed by atoms with Crippen molar-refractivity contribution in [3.05, 3.63) is 27.3 Å². The van der Waals surface area contributed by atoms with Crippen LogP contribution in [0.2, 0.25) is 5.02 Å². The van der Waals surface area contributed by atoms with Crippen LogP contribution in [0, 0.1) is 0 Å². The van der Waals surface area contributed by atoms with Gasteiger partial charge in [-0.1, -0.05) is 32.4 Å². The number of nitrogens with one attached hydrogen (secondary N) is 1. The number of nitrogens with zero attached hydrogens (tertiary/aromatic N) is 3. The van der Waals surface area contributed by atoms with E-state index in [1.165, 1.54) is 4.57 Å². The summed E-state index contributed by atoms with van der Waals surface area (Å²) >= 11 is 6.30. The summed E-state index contributed by atoms with van der Waals surface area (Å²) in [6.07, 6.45) is 0.